The van der Waals surface area contributed by atoms with E-state index in [1.807, 2.05) is 48.2 Å². The third kappa shape index (κ3) is 8.62. The summed E-state index contributed by atoms with van der Waals surface area (Å²) >= 11 is 0. The molecule has 4 aliphatic rings. The summed E-state index contributed by atoms with van der Waals surface area (Å²) in [6.45, 7) is 6.24. The molecule has 60 heavy (non-hydrogen) atoms. The quantitative estimate of drug-likeness (QED) is 0.101. The second-order valence-electron chi connectivity index (χ2n) is 17.3. The Morgan fingerprint density at radius 2 is 1.58 bits per heavy atom. The molecule has 4 aromatic rings. The SMILES string of the molecule is CCCOC(=O)[C@H](C)NP(=O)(Oc1ccccc1)C(C)c1ccc2ccc(C(=O)N[C@H]3CCCC[C@H]4CC[C@@H](C(=O)N5C[C@@H](c6ccccc6)CC56CC6)N4C3=O)cc2c1. The maximum Gasteiger partial charge on any atom is 0.324 e. The Balaban J connectivity index is 0.994. The van der Waals surface area contributed by atoms with Gasteiger partial charge in [-0.2, -0.15) is 0 Å². The average Bonchev–Trinajstić information content (AvgIpc) is 3.75. The number of fused-ring (bicyclic) bond motifs is 2. The van der Waals surface area contributed by atoms with Crippen LogP contribution < -0.4 is 14.9 Å². The van der Waals surface area contributed by atoms with Crippen LogP contribution in [0.1, 0.15) is 118 Å². The number of nitrogens with one attached hydrogen (secondary N) is 2. The zero-order valence-electron chi connectivity index (χ0n) is 34.9. The third-order valence-corrected chi connectivity index (χ3v) is 15.7. The van der Waals surface area contributed by atoms with Gasteiger partial charge in [0.15, 0.2) is 0 Å². The number of esters is 1. The van der Waals surface area contributed by atoms with Crippen molar-refractivity contribution in [2.75, 3.05) is 13.2 Å². The van der Waals surface area contributed by atoms with Crippen LogP contribution in [0, 0.1) is 0 Å². The standard InChI is InChI=1S/C48H57N4O7P/c1-4-27-58-47(56)32(2)50-60(57,59-41-16-9-6-10-17-41)33(3)36-21-19-35-20-22-37(29-38(35)28-36)44(53)49-42-18-12-11-15-40-23-24-43(52(40)45(42)54)46(55)51-31-39(30-48(51)25-26-48)34-13-7-5-8-14-34/h5-10,13-14,16-17,19-22,28-29,32-33,39-40,42-43H,4,11-12,15,18,23-27,30-31H2,1-3H3,(H,49,53)(H,50,57)/t32-,33?,39-,40-,42-,43-,60?/m0/s1. The number of amides is 3. The van der Waals surface area contributed by atoms with Gasteiger partial charge in [-0.15, -0.1) is 0 Å². The van der Waals surface area contributed by atoms with Gasteiger partial charge in [-0.25, -0.2) is 5.09 Å². The van der Waals surface area contributed by atoms with Crippen molar-refractivity contribution in [1.82, 2.24) is 20.2 Å². The van der Waals surface area contributed by atoms with Gasteiger partial charge in [-0.1, -0.05) is 92.6 Å². The van der Waals surface area contributed by atoms with Gasteiger partial charge in [0.2, 0.25) is 11.8 Å². The first-order valence-corrected chi connectivity index (χ1v) is 23.5. The molecule has 7 atom stereocenters. The topological polar surface area (TPSA) is 134 Å². The summed E-state index contributed by atoms with van der Waals surface area (Å²) < 4.78 is 26.2. The van der Waals surface area contributed by atoms with E-state index in [0.29, 0.717) is 48.6 Å². The Morgan fingerprint density at radius 1 is 0.867 bits per heavy atom. The largest absolute Gasteiger partial charge is 0.465 e. The summed E-state index contributed by atoms with van der Waals surface area (Å²) in [6, 6.07) is 28.2. The molecule has 3 aliphatic heterocycles. The number of carbonyl (C=O) groups is 4. The lowest BCUT2D eigenvalue weighted by Crippen LogP contribution is -2.57. The first-order chi connectivity index (χ1) is 29.0. The predicted octanol–water partition coefficient (Wildman–Crippen LogP) is 8.68. The molecule has 3 heterocycles. The van der Waals surface area contributed by atoms with Crippen LogP contribution in [0.4, 0.5) is 0 Å². The number of para-hydroxylation sites is 1. The highest BCUT2D eigenvalue weighted by molar-refractivity contribution is 7.57. The molecule has 1 saturated carbocycles. The molecule has 2 N–H and O–H groups in total. The Labute approximate surface area is 353 Å². The molecule has 1 aliphatic carbocycles. The van der Waals surface area contributed by atoms with Crippen LogP contribution in [-0.4, -0.2) is 76.3 Å². The summed E-state index contributed by atoms with van der Waals surface area (Å²) in [6.07, 6.45) is 8.16. The summed E-state index contributed by atoms with van der Waals surface area (Å²) in [5.74, 6) is -0.302. The first kappa shape index (κ1) is 41.7. The smallest absolute Gasteiger partial charge is 0.324 e. The summed E-state index contributed by atoms with van der Waals surface area (Å²) in [7, 11) is -3.79. The average molecular weight is 833 g/mol. The number of likely N-dealkylation sites (tertiary alicyclic amines) is 1. The maximum absolute atomic E-state index is 14.7. The van der Waals surface area contributed by atoms with Crippen LogP contribution in [0.15, 0.2) is 97.1 Å². The first-order valence-electron chi connectivity index (χ1n) is 21.8. The monoisotopic (exact) mass is 832 g/mol. The molecule has 3 saturated heterocycles. The number of rotatable bonds is 13. The normalized spacial score (nSPS) is 24.1. The molecule has 4 fully saturated rings. The Morgan fingerprint density at radius 3 is 2.32 bits per heavy atom. The fourth-order valence-corrected chi connectivity index (χ4v) is 11.7. The molecule has 8 rings (SSSR count). The molecule has 4 aromatic carbocycles. The minimum absolute atomic E-state index is 0.0174. The van der Waals surface area contributed by atoms with Gasteiger partial charge in [0.25, 0.3) is 5.91 Å². The minimum Gasteiger partial charge on any atom is -0.465 e. The number of nitrogens with zero attached hydrogens (tertiary/aromatic N) is 2. The van der Waals surface area contributed by atoms with Gasteiger partial charge >= 0.3 is 13.5 Å². The zero-order valence-corrected chi connectivity index (χ0v) is 35.8. The third-order valence-electron chi connectivity index (χ3n) is 13.2. The second kappa shape index (κ2) is 17.5. The van der Waals surface area contributed by atoms with Crippen LogP contribution in [0.25, 0.3) is 10.8 Å². The number of ether oxygens (including phenoxy) is 1. The van der Waals surface area contributed by atoms with E-state index in [1.54, 1.807) is 50.2 Å². The van der Waals surface area contributed by atoms with Gasteiger partial charge in [0, 0.05) is 29.6 Å². The second-order valence-corrected chi connectivity index (χ2v) is 19.7. The number of carbonyl (C=O) groups excluding carboxylic acids is 4. The van der Waals surface area contributed by atoms with Crippen LogP contribution >= 0.6 is 7.52 Å². The van der Waals surface area contributed by atoms with Crippen LogP contribution in [-0.2, 0) is 23.7 Å². The van der Waals surface area contributed by atoms with Gasteiger partial charge in [-0.3, -0.25) is 23.7 Å². The van der Waals surface area contributed by atoms with Crippen molar-refractivity contribution in [3.63, 3.8) is 0 Å². The van der Waals surface area contributed by atoms with E-state index in [1.165, 1.54) is 5.56 Å². The number of hydrogen-bond donors (Lipinski definition) is 2. The van der Waals surface area contributed by atoms with E-state index in [-0.39, 0.29) is 35.9 Å². The fraction of sp³-hybridized carbons (Fsp3) is 0.458. The molecule has 316 valence electrons. The van der Waals surface area contributed by atoms with Gasteiger partial charge in [-0.05, 0) is 111 Å². The Kier molecular flexibility index (Phi) is 12.2. The lowest BCUT2D eigenvalue weighted by atomic mass is 9.96. The molecular formula is C48H57N4O7P. The van der Waals surface area contributed by atoms with Crippen LogP contribution in [0.3, 0.4) is 0 Å². The van der Waals surface area contributed by atoms with E-state index in [0.717, 1.165) is 55.7 Å². The van der Waals surface area contributed by atoms with E-state index in [9.17, 15) is 23.7 Å². The van der Waals surface area contributed by atoms with E-state index >= 15 is 0 Å². The molecule has 3 amide bonds. The molecule has 0 bridgehead atoms. The Hall–Kier alpha value is -4.99. The number of hydrogen-bond acceptors (Lipinski definition) is 7. The van der Waals surface area contributed by atoms with Crippen molar-refractivity contribution in [3.8, 4) is 5.75 Å². The van der Waals surface area contributed by atoms with Crippen molar-refractivity contribution in [3.05, 3.63) is 114 Å². The van der Waals surface area contributed by atoms with Gasteiger partial charge in [0.1, 0.15) is 23.9 Å². The highest BCUT2D eigenvalue weighted by Gasteiger charge is 2.58. The highest BCUT2D eigenvalue weighted by atomic mass is 31.2. The van der Waals surface area contributed by atoms with E-state index < -0.39 is 37.3 Å². The predicted molar refractivity (Wildman–Crippen MR) is 232 cm³/mol. The van der Waals surface area contributed by atoms with Crippen LogP contribution in [0.5, 0.6) is 5.75 Å². The van der Waals surface area contributed by atoms with Crippen molar-refractivity contribution in [1.29, 1.82) is 0 Å². The molecule has 2 unspecified atom stereocenters. The summed E-state index contributed by atoms with van der Waals surface area (Å²) in [5, 5.41) is 7.68. The van der Waals surface area contributed by atoms with Crippen molar-refractivity contribution >= 4 is 42.0 Å². The molecule has 0 aromatic heterocycles. The highest BCUT2D eigenvalue weighted by Crippen LogP contribution is 2.57. The molecule has 12 heteroatoms. The lowest BCUT2D eigenvalue weighted by molar-refractivity contribution is -0.148. The summed E-state index contributed by atoms with van der Waals surface area (Å²) in [4.78, 5) is 59.8. The van der Waals surface area contributed by atoms with Gasteiger partial charge < -0.3 is 24.4 Å². The Bertz CT molecular complexity index is 2270. The fourth-order valence-electron chi connectivity index (χ4n) is 9.64. The van der Waals surface area contributed by atoms with Crippen molar-refractivity contribution in [2.24, 2.45) is 0 Å². The molecular weight excluding hydrogens is 776 g/mol. The van der Waals surface area contributed by atoms with E-state index in [2.05, 4.69) is 39.6 Å². The van der Waals surface area contributed by atoms with Crippen molar-refractivity contribution < 1.29 is 33.0 Å². The minimum atomic E-state index is -3.79. The van der Waals surface area contributed by atoms with E-state index in [4.69, 9.17) is 9.26 Å². The van der Waals surface area contributed by atoms with Gasteiger partial charge in [0.05, 0.1) is 12.3 Å². The molecule has 0 radical (unpaired) electrons. The summed E-state index contributed by atoms with van der Waals surface area (Å²) in [5.41, 5.74) is 1.54. The molecule has 1 spiro atoms. The maximum atomic E-state index is 14.7. The zero-order chi connectivity index (χ0) is 42.0. The van der Waals surface area contributed by atoms with Crippen LogP contribution in [0.2, 0.25) is 0 Å². The van der Waals surface area contributed by atoms with Crippen molar-refractivity contribution in [2.45, 2.75) is 126 Å². The lowest BCUT2D eigenvalue weighted by Gasteiger charge is -2.37. The number of benzene rings is 4. The molecule has 11 nitrogen and oxygen atoms in total.